The summed E-state index contributed by atoms with van der Waals surface area (Å²) in [5.41, 5.74) is -0.112. The summed E-state index contributed by atoms with van der Waals surface area (Å²) in [4.78, 5) is 17.8. The van der Waals surface area contributed by atoms with Crippen molar-refractivity contribution in [2.24, 2.45) is 10.8 Å². The Morgan fingerprint density at radius 1 is 1.12 bits per heavy atom. The maximum atomic E-state index is 12.7. The van der Waals surface area contributed by atoms with Crippen LogP contribution in [-0.2, 0) is 4.79 Å². The minimum absolute atomic E-state index is 0.0312. The average molecular weight is 222 g/mol. The number of fused-ring (bicyclic) bond motifs is 1. The van der Waals surface area contributed by atoms with E-state index in [9.17, 15) is 4.79 Å². The largest absolute Gasteiger partial charge is 0.300 e. The molecule has 4 saturated heterocycles. The molecular weight excluding hydrogens is 200 g/mol. The molecule has 0 aromatic carbocycles. The number of hydrogen-bond acceptors (Lipinski definition) is 3. The van der Waals surface area contributed by atoms with E-state index in [0.717, 1.165) is 52.1 Å². The molecule has 90 valence electrons. The van der Waals surface area contributed by atoms with Gasteiger partial charge in [0.25, 0.3) is 0 Å². The van der Waals surface area contributed by atoms with Crippen LogP contribution in [0.1, 0.15) is 26.7 Å². The Kier molecular flexibility index (Phi) is 2.21. The summed E-state index contributed by atoms with van der Waals surface area (Å²) in [5.74, 6) is 0.566. The number of rotatable bonds is 2. The zero-order valence-electron chi connectivity index (χ0n) is 10.5. The van der Waals surface area contributed by atoms with Crippen LogP contribution in [0.4, 0.5) is 0 Å². The molecule has 4 heterocycles. The molecule has 0 aromatic rings. The molecule has 4 rings (SSSR count). The number of carbonyl (C=O) groups excluding carboxylic acids is 1. The highest BCUT2D eigenvalue weighted by atomic mass is 16.1. The molecule has 4 bridgehead atoms. The van der Waals surface area contributed by atoms with Crippen LogP contribution in [0, 0.1) is 10.8 Å². The lowest BCUT2D eigenvalue weighted by Crippen LogP contribution is -2.66. The summed E-state index contributed by atoms with van der Waals surface area (Å²) in [6.07, 6.45) is 2.21. The summed E-state index contributed by atoms with van der Waals surface area (Å²) >= 11 is 0. The van der Waals surface area contributed by atoms with Crippen molar-refractivity contribution in [1.82, 2.24) is 9.80 Å². The lowest BCUT2D eigenvalue weighted by atomic mass is 9.62. The van der Waals surface area contributed by atoms with E-state index in [0.29, 0.717) is 5.78 Å². The van der Waals surface area contributed by atoms with Crippen LogP contribution in [0.3, 0.4) is 0 Å². The monoisotopic (exact) mass is 222 g/mol. The van der Waals surface area contributed by atoms with Gasteiger partial charge in [-0.25, -0.2) is 0 Å². The minimum Gasteiger partial charge on any atom is -0.300 e. The first-order valence-corrected chi connectivity index (χ1v) is 6.58. The first-order chi connectivity index (χ1) is 7.58. The zero-order chi connectivity index (χ0) is 11.4. The van der Waals surface area contributed by atoms with Crippen molar-refractivity contribution < 1.29 is 4.79 Å². The van der Waals surface area contributed by atoms with Gasteiger partial charge in [0.2, 0.25) is 0 Å². The van der Waals surface area contributed by atoms with Crippen LogP contribution in [0.15, 0.2) is 0 Å². The number of nitrogens with zero attached hydrogens (tertiary/aromatic N) is 2. The maximum absolute atomic E-state index is 12.7. The normalized spacial score (nSPS) is 50.8. The summed E-state index contributed by atoms with van der Waals surface area (Å²) in [6.45, 7) is 10.7. The molecule has 3 heteroatoms. The van der Waals surface area contributed by atoms with Crippen LogP contribution in [0.2, 0.25) is 0 Å². The lowest BCUT2D eigenvalue weighted by Gasteiger charge is -2.53. The highest BCUT2D eigenvalue weighted by Gasteiger charge is 2.58. The van der Waals surface area contributed by atoms with E-state index in [1.165, 1.54) is 0 Å². The Morgan fingerprint density at radius 3 is 2.19 bits per heavy atom. The van der Waals surface area contributed by atoms with Gasteiger partial charge in [-0.3, -0.25) is 14.6 Å². The molecule has 3 nitrogen and oxygen atoms in total. The van der Waals surface area contributed by atoms with Crippen LogP contribution in [-0.4, -0.2) is 54.9 Å². The SMILES string of the molecule is CCCC12CN3CCN(CC(C)(C3)C1=O)C2. The van der Waals surface area contributed by atoms with E-state index in [2.05, 4.69) is 23.6 Å². The predicted molar refractivity (Wildman–Crippen MR) is 63.3 cm³/mol. The van der Waals surface area contributed by atoms with Gasteiger partial charge in [0, 0.05) is 39.3 Å². The van der Waals surface area contributed by atoms with Gasteiger partial charge in [0.15, 0.2) is 0 Å². The van der Waals surface area contributed by atoms with Crippen LogP contribution in [0.5, 0.6) is 0 Å². The van der Waals surface area contributed by atoms with Crippen molar-refractivity contribution in [1.29, 1.82) is 0 Å². The molecule has 16 heavy (non-hydrogen) atoms. The molecule has 2 unspecified atom stereocenters. The van der Waals surface area contributed by atoms with E-state index in [1.807, 2.05) is 0 Å². The standard InChI is InChI=1S/C13H22N2O/c1-3-4-13-9-14-5-6-15(10-13)8-12(2,7-14)11(13)16/h3-10H2,1-2H3. The summed E-state index contributed by atoms with van der Waals surface area (Å²) in [5, 5.41) is 0. The van der Waals surface area contributed by atoms with Crippen molar-refractivity contribution in [3.63, 3.8) is 0 Å². The average Bonchev–Trinajstić information content (AvgIpc) is 2.42. The van der Waals surface area contributed by atoms with Gasteiger partial charge >= 0.3 is 0 Å². The van der Waals surface area contributed by atoms with E-state index >= 15 is 0 Å². The van der Waals surface area contributed by atoms with E-state index in [1.54, 1.807) is 0 Å². The Labute approximate surface area is 97.8 Å². The third-order valence-electron chi connectivity index (χ3n) is 4.69. The molecule has 4 aliphatic rings. The molecule has 4 aliphatic heterocycles. The minimum atomic E-state index is -0.0812. The second-order valence-corrected chi connectivity index (χ2v) is 6.34. The summed E-state index contributed by atoms with van der Waals surface area (Å²) < 4.78 is 0. The topological polar surface area (TPSA) is 23.6 Å². The summed E-state index contributed by atoms with van der Waals surface area (Å²) in [6, 6.07) is 0. The van der Waals surface area contributed by atoms with E-state index in [4.69, 9.17) is 0 Å². The van der Waals surface area contributed by atoms with Crippen LogP contribution < -0.4 is 0 Å². The molecule has 0 N–H and O–H groups in total. The van der Waals surface area contributed by atoms with Gasteiger partial charge in [-0.1, -0.05) is 20.3 Å². The fourth-order valence-electron chi connectivity index (χ4n) is 4.33. The fraction of sp³-hybridized carbons (Fsp3) is 0.923. The third-order valence-corrected chi connectivity index (χ3v) is 4.69. The van der Waals surface area contributed by atoms with Crippen LogP contribution in [0.25, 0.3) is 0 Å². The highest BCUT2D eigenvalue weighted by Crippen LogP contribution is 2.46. The predicted octanol–water partition coefficient (Wildman–Crippen LogP) is 0.993. The van der Waals surface area contributed by atoms with Gasteiger partial charge in [0.1, 0.15) is 5.78 Å². The molecular formula is C13H22N2O. The summed E-state index contributed by atoms with van der Waals surface area (Å²) in [7, 11) is 0. The quantitative estimate of drug-likeness (QED) is 0.696. The van der Waals surface area contributed by atoms with Crippen molar-refractivity contribution in [2.45, 2.75) is 26.7 Å². The van der Waals surface area contributed by atoms with Gasteiger partial charge in [-0.15, -0.1) is 0 Å². The molecule has 0 aromatic heterocycles. The van der Waals surface area contributed by atoms with Gasteiger partial charge in [-0.05, 0) is 6.42 Å². The zero-order valence-corrected chi connectivity index (χ0v) is 10.5. The lowest BCUT2D eigenvalue weighted by molar-refractivity contribution is -0.154. The smallest absolute Gasteiger partial charge is 0.150 e. The number of carbonyl (C=O) groups is 1. The molecule has 0 aliphatic carbocycles. The molecule has 0 spiro atoms. The fourth-order valence-corrected chi connectivity index (χ4v) is 4.33. The highest BCUT2D eigenvalue weighted by molar-refractivity contribution is 5.92. The molecule has 2 atom stereocenters. The van der Waals surface area contributed by atoms with Crippen molar-refractivity contribution in [2.75, 3.05) is 39.3 Å². The molecule has 0 amide bonds. The number of piperidine rings is 2. The molecule has 0 radical (unpaired) electrons. The number of hydrogen-bond donors (Lipinski definition) is 0. The second kappa shape index (κ2) is 3.30. The molecule has 4 fully saturated rings. The van der Waals surface area contributed by atoms with Crippen molar-refractivity contribution in [3.05, 3.63) is 0 Å². The Hall–Kier alpha value is -0.410. The van der Waals surface area contributed by atoms with Gasteiger partial charge in [0.05, 0.1) is 10.8 Å². The van der Waals surface area contributed by atoms with E-state index < -0.39 is 0 Å². The van der Waals surface area contributed by atoms with Gasteiger partial charge in [-0.2, -0.15) is 0 Å². The van der Waals surface area contributed by atoms with E-state index in [-0.39, 0.29) is 10.8 Å². The molecule has 0 saturated carbocycles. The first-order valence-electron chi connectivity index (χ1n) is 6.58. The number of Topliss-reactive ketones (excluding diaryl/α,β-unsaturated/α-hetero) is 1. The Balaban J connectivity index is 2.02. The first kappa shape index (κ1) is 10.7. The van der Waals surface area contributed by atoms with Crippen LogP contribution >= 0.6 is 0 Å². The van der Waals surface area contributed by atoms with Crippen molar-refractivity contribution >= 4 is 5.78 Å². The Morgan fingerprint density at radius 2 is 1.69 bits per heavy atom. The second-order valence-electron chi connectivity index (χ2n) is 6.34. The van der Waals surface area contributed by atoms with Gasteiger partial charge < -0.3 is 0 Å². The maximum Gasteiger partial charge on any atom is 0.150 e. The van der Waals surface area contributed by atoms with Crippen molar-refractivity contribution in [3.8, 4) is 0 Å². The third kappa shape index (κ3) is 1.31. The number of ketones is 1. The Bertz CT molecular complexity index is 310.